The van der Waals surface area contributed by atoms with Crippen LogP contribution in [-0.2, 0) is 14.3 Å². The van der Waals surface area contributed by atoms with Gasteiger partial charge in [0.15, 0.2) is 5.78 Å². The lowest BCUT2D eigenvalue weighted by Crippen LogP contribution is -2.52. The zero-order valence-corrected chi connectivity index (χ0v) is 22.0. The summed E-state index contributed by atoms with van der Waals surface area (Å²) in [6.07, 6.45) is 14.5. The van der Waals surface area contributed by atoms with E-state index in [2.05, 4.69) is 59.8 Å². The summed E-state index contributed by atoms with van der Waals surface area (Å²) in [7, 11) is 0. The third-order valence-electron chi connectivity index (χ3n) is 10.7. The number of carbonyl (C=O) groups excluding carboxylic acids is 2. The third-order valence-corrected chi connectivity index (χ3v) is 10.7. The first kappa shape index (κ1) is 24.7. The van der Waals surface area contributed by atoms with E-state index in [9.17, 15) is 9.59 Å². The molecule has 0 aromatic carbocycles. The van der Waals surface area contributed by atoms with Gasteiger partial charge in [0.25, 0.3) is 0 Å². The first-order valence-corrected chi connectivity index (χ1v) is 13.6. The van der Waals surface area contributed by atoms with E-state index in [4.69, 9.17) is 4.74 Å². The third kappa shape index (κ3) is 4.27. The van der Waals surface area contributed by atoms with Gasteiger partial charge in [-0.2, -0.15) is 0 Å². The lowest BCUT2D eigenvalue weighted by Gasteiger charge is -2.57. The van der Waals surface area contributed by atoms with Gasteiger partial charge in [-0.15, -0.1) is 0 Å². The van der Waals surface area contributed by atoms with Crippen LogP contribution in [0.4, 0.5) is 0 Å². The minimum Gasteiger partial charge on any atom is -0.463 e. The van der Waals surface area contributed by atoms with Crippen molar-refractivity contribution in [3.8, 4) is 0 Å². The topological polar surface area (TPSA) is 43.4 Å². The molecule has 184 valence electrons. The normalized spacial score (nSPS) is 42.4. The molecule has 0 amide bonds. The molecular weight excluding hydrogens is 408 g/mol. The maximum atomic E-state index is 13.4. The van der Waals surface area contributed by atoms with Crippen molar-refractivity contribution >= 4 is 11.8 Å². The molecule has 3 saturated carbocycles. The highest BCUT2D eigenvalue weighted by molar-refractivity contribution is 5.94. The summed E-state index contributed by atoms with van der Waals surface area (Å²) in [4.78, 5) is 24.9. The Morgan fingerprint density at radius 1 is 0.970 bits per heavy atom. The van der Waals surface area contributed by atoms with Gasteiger partial charge in [-0.1, -0.05) is 59.3 Å². The zero-order valence-electron chi connectivity index (χ0n) is 22.0. The maximum absolute atomic E-state index is 13.4. The second-order valence-electron chi connectivity index (χ2n) is 12.8. The first-order valence-electron chi connectivity index (χ1n) is 13.6. The van der Waals surface area contributed by atoms with Gasteiger partial charge in [-0.25, -0.2) is 0 Å². The molecule has 3 nitrogen and oxygen atoms in total. The molecule has 0 saturated heterocycles. The summed E-state index contributed by atoms with van der Waals surface area (Å²) in [5.74, 6) is 3.72. The van der Waals surface area contributed by atoms with Gasteiger partial charge in [0.2, 0.25) is 0 Å². The van der Waals surface area contributed by atoms with Crippen LogP contribution >= 0.6 is 0 Å². The monoisotopic (exact) mass is 454 g/mol. The van der Waals surface area contributed by atoms with Gasteiger partial charge in [0.1, 0.15) is 6.10 Å². The molecule has 4 aliphatic carbocycles. The second kappa shape index (κ2) is 9.00. The van der Waals surface area contributed by atoms with E-state index >= 15 is 0 Å². The molecule has 0 aromatic heterocycles. The number of ether oxygens (including phenoxy) is 1. The molecule has 0 N–H and O–H groups in total. The van der Waals surface area contributed by atoms with Crippen LogP contribution in [0, 0.1) is 52.3 Å². The van der Waals surface area contributed by atoms with Gasteiger partial charge >= 0.3 is 5.97 Å². The van der Waals surface area contributed by atoms with Crippen LogP contribution in [0.5, 0.6) is 0 Å². The Hall–Kier alpha value is -1.38. The van der Waals surface area contributed by atoms with Crippen LogP contribution in [0.1, 0.15) is 93.4 Å². The van der Waals surface area contributed by atoms with Crippen LogP contribution in [-0.4, -0.2) is 17.9 Å². The van der Waals surface area contributed by atoms with Gasteiger partial charge < -0.3 is 4.74 Å². The zero-order chi connectivity index (χ0) is 24.1. The molecule has 3 fully saturated rings. The smallest absolute Gasteiger partial charge is 0.302 e. The highest BCUT2D eigenvalue weighted by Gasteiger charge is 2.59. The van der Waals surface area contributed by atoms with E-state index in [1.54, 1.807) is 0 Å². The Morgan fingerprint density at radius 2 is 1.64 bits per heavy atom. The number of fused-ring (bicyclic) bond motifs is 5. The molecule has 0 aromatic rings. The van der Waals surface area contributed by atoms with Crippen molar-refractivity contribution < 1.29 is 14.3 Å². The van der Waals surface area contributed by atoms with Crippen LogP contribution < -0.4 is 0 Å². The Kier molecular flexibility index (Phi) is 6.75. The van der Waals surface area contributed by atoms with Crippen LogP contribution in [0.3, 0.4) is 0 Å². The van der Waals surface area contributed by atoms with Gasteiger partial charge in [-0.05, 0) is 97.4 Å². The number of hydrogen-bond acceptors (Lipinski definition) is 3. The highest BCUT2D eigenvalue weighted by Crippen LogP contribution is 2.66. The summed E-state index contributed by atoms with van der Waals surface area (Å²) in [5, 5.41) is 0. The number of ketones is 1. The predicted molar refractivity (Wildman–Crippen MR) is 133 cm³/mol. The average Bonchev–Trinajstić information content (AvgIpc) is 3.10. The molecule has 0 aliphatic heterocycles. The summed E-state index contributed by atoms with van der Waals surface area (Å²) >= 11 is 0. The lowest BCUT2D eigenvalue weighted by molar-refractivity contribution is -0.155. The molecule has 33 heavy (non-hydrogen) atoms. The van der Waals surface area contributed by atoms with Crippen molar-refractivity contribution in [3.63, 3.8) is 0 Å². The quantitative estimate of drug-likeness (QED) is 0.327. The summed E-state index contributed by atoms with van der Waals surface area (Å²) in [6.45, 7) is 15.7. The standard InChI is InChI=1S/C30H46O3/c1-18(2)19(3)8-9-20(4)24-10-11-25-23-17-28(32)27-16-22(33-21(5)31)12-14-30(27,7)26(23)13-15-29(24,25)6/h8-9,17-20,22,24-27H,10-16H2,1-7H3/b9-8+/t19-,20+,22?,24+,25-,26-,27?,29+,30+/m0/s1. The van der Waals surface area contributed by atoms with E-state index in [0.717, 1.165) is 12.8 Å². The fraction of sp³-hybridized carbons (Fsp3) is 0.800. The van der Waals surface area contributed by atoms with Crippen molar-refractivity contribution in [3.05, 3.63) is 23.8 Å². The molecule has 3 heteroatoms. The Balaban J connectivity index is 1.56. The van der Waals surface area contributed by atoms with Gasteiger partial charge in [0, 0.05) is 12.8 Å². The second-order valence-corrected chi connectivity index (χ2v) is 12.8. The molecule has 4 aliphatic rings. The molecule has 9 atom stereocenters. The fourth-order valence-electron chi connectivity index (χ4n) is 8.28. The summed E-state index contributed by atoms with van der Waals surface area (Å²) in [5.41, 5.74) is 1.80. The molecule has 2 unspecified atom stereocenters. The Bertz CT molecular complexity index is 837. The largest absolute Gasteiger partial charge is 0.463 e. The van der Waals surface area contributed by atoms with Crippen molar-refractivity contribution in [1.29, 1.82) is 0 Å². The minimum atomic E-state index is -0.223. The van der Waals surface area contributed by atoms with Crippen molar-refractivity contribution in [2.75, 3.05) is 0 Å². The van der Waals surface area contributed by atoms with Crippen LogP contribution in [0.25, 0.3) is 0 Å². The fourth-order valence-corrected chi connectivity index (χ4v) is 8.28. The van der Waals surface area contributed by atoms with E-state index in [-0.39, 0.29) is 23.4 Å². The number of esters is 1. The molecule has 0 radical (unpaired) electrons. The van der Waals surface area contributed by atoms with Gasteiger partial charge in [0.05, 0.1) is 0 Å². The average molecular weight is 455 g/mol. The molecule has 0 heterocycles. The SMILES string of the molecule is CC(=O)OC1CC[C@@]2(C)C(C1)C(=O)C=C1[C@@H]3CC[C@H]([C@H](C)/C=C/[C@H](C)C(C)C)[C@@]3(C)CC[C@@H]12. The molecule has 0 spiro atoms. The number of allylic oxidation sites excluding steroid dienone is 4. The van der Waals surface area contributed by atoms with Gasteiger partial charge in [-0.3, -0.25) is 9.59 Å². The maximum Gasteiger partial charge on any atom is 0.302 e. The summed E-state index contributed by atoms with van der Waals surface area (Å²) in [6, 6.07) is 0. The van der Waals surface area contributed by atoms with Crippen LogP contribution in [0.15, 0.2) is 23.8 Å². The number of rotatable bonds is 5. The molecule has 0 bridgehead atoms. The Morgan fingerprint density at radius 3 is 2.30 bits per heavy atom. The Labute approximate surface area is 201 Å². The van der Waals surface area contributed by atoms with E-state index in [1.165, 1.54) is 38.2 Å². The summed E-state index contributed by atoms with van der Waals surface area (Å²) < 4.78 is 5.53. The number of hydrogen-bond donors (Lipinski definition) is 0. The van der Waals surface area contributed by atoms with E-state index in [0.29, 0.717) is 53.1 Å². The number of carbonyl (C=O) groups is 2. The van der Waals surface area contributed by atoms with Crippen molar-refractivity contribution in [2.45, 2.75) is 99.5 Å². The van der Waals surface area contributed by atoms with E-state index in [1.807, 2.05) is 0 Å². The predicted octanol–water partition coefficient (Wildman–Crippen LogP) is 7.16. The molecular formula is C30H46O3. The highest BCUT2D eigenvalue weighted by atomic mass is 16.5. The van der Waals surface area contributed by atoms with Crippen LogP contribution in [0.2, 0.25) is 0 Å². The lowest BCUT2D eigenvalue weighted by atomic mass is 9.47. The minimum absolute atomic E-state index is 0.00489. The molecule has 4 rings (SSSR count). The van der Waals surface area contributed by atoms with Crippen molar-refractivity contribution in [2.24, 2.45) is 52.3 Å². The first-order chi connectivity index (χ1) is 15.5. The van der Waals surface area contributed by atoms with E-state index < -0.39 is 0 Å². The van der Waals surface area contributed by atoms with Crippen molar-refractivity contribution in [1.82, 2.24) is 0 Å².